The van der Waals surface area contributed by atoms with Gasteiger partial charge < -0.3 is 15.7 Å². The summed E-state index contributed by atoms with van der Waals surface area (Å²) in [5, 5.41) is 20.0. The van der Waals surface area contributed by atoms with Gasteiger partial charge >= 0.3 is 17.7 Å². The molecule has 0 saturated heterocycles. The number of aryl methyl sites for hydroxylation is 1. The number of carbonyl (C=O) groups is 1. The zero-order valence-electron chi connectivity index (χ0n) is 22.9. The SMILES string of the molecule is CCn1nc(C(=O)NCC2(O)CCC(C)CC2)c(Cl)c1-c1cnc(NC(C)(C)CC(F)(F)F)cc1C(F)F.O=S=O. The normalized spacial score (nSPS) is 19.4. The van der Waals surface area contributed by atoms with Crippen LogP contribution in [0, 0.1) is 5.92 Å². The van der Waals surface area contributed by atoms with E-state index in [1.54, 1.807) is 6.92 Å². The maximum atomic E-state index is 14.1. The topological polar surface area (TPSA) is 126 Å². The monoisotopic (exact) mass is 629 g/mol. The van der Waals surface area contributed by atoms with Crippen LogP contribution in [0.1, 0.15) is 82.3 Å². The third-order valence-electron chi connectivity index (χ3n) is 6.73. The number of aromatic nitrogens is 3. The van der Waals surface area contributed by atoms with Gasteiger partial charge in [-0.2, -0.15) is 26.7 Å². The van der Waals surface area contributed by atoms with Crippen molar-refractivity contribution in [3.63, 3.8) is 0 Å². The summed E-state index contributed by atoms with van der Waals surface area (Å²) in [4.78, 5) is 17.0. The molecule has 3 rings (SSSR count). The lowest BCUT2D eigenvalue weighted by molar-refractivity contribution is -0.142. The highest BCUT2D eigenvalue weighted by Crippen LogP contribution is 2.39. The molecule has 0 radical (unpaired) electrons. The molecule has 1 aliphatic carbocycles. The van der Waals surface area contributed by atoms with Gasteiger partial charge in [-0.25, -0.2) is 13.8 Å². The lowest BCUT2D eigenvalue weighted by atomic mass is 9.79. The van der Waals surface area contributed by atoms with Crippen LogP contribution in [0.25, 0.3) is 11.3 Å². The van der Waals surface area contributed by atoms with E-state index in [1.807, 2.05) is 0 Å². The first-order valence-electron chi connectivity index (χ1n) is 12.8. The molecule has 16 heteroatoms. The molecular weight excluding hydrogens is 597 g/mol. The molecule has 0 aliphatic heterocycles. The van der Waals surface area contributed by atoms with E-state index in [0.717, 1.165) is 25.1 Å². The third kappa shape index (κ3) is 9.70. The van der Waals surface area contributed by atoms with E-state index >= 15 is 0 Å². The van der Waals surface area contributed by atoms with Gasteiger partial charge in [-0.1, -0.05) is 18.5 Å². The molecule has 0 unspecified atom stereocenters. The van der Waals surface area contributed by atoms with Gasteiger partial charge in [0, 0.05) is 36.0 Å². The number of hydrogen-bond acceptors (Lipinski definition) is 7. The molecule has 1 saturated carbocycles. The molecule has 2 aromatic rings. The Hall–Kier alpha value is -2.65. The first kappa shape index (κ1) is 34.6. The van der Waals surface area contributed by atoms with Crippen LogP contribution in [-0.2, 0) is 18.1 Å². The largest absolute Gasteiger partial charge is 0.391 e. The van der Waals surface area contributed by atoms with Crippen molar-refractivity contribution in [1.82, 2.24) is 20.1 Å². The number of halogens is 6. The minimum Gasteiger partial charge on any atom is -0.388 e. The minimum atomic E-state index is -4.47. The van der Waals surface area contributed by atoms with Crippen LogP contribution < -0.4 is 10.6 Å². The molecule has 3 N–H and O–H groups in total. The summed E-state index contributed by atoms with van der Waals surface area (Å²) in [6.45, 7) is 6.55. The Kier molecular flexibility index (Phi) is 11.8. The number of carbonyl (C=O) groups excluding carboxylic acids is 1. The van der Waals surface area contributed by atoms with E-state index in [2.05, 4.69) is 27.6 Å². The summed E-state index contributed by atoms with van der Waals surface area (Å²) >= 11 is 5.74. The summed E-state index contributed by atoms with van der Waals surface area (Å²) in [6, 6.07) is 0.973. The van der Waals surface area contributed by atoms with Crippen LogP contribution in [0.3, 0.4) is 0 Å². The fourth-order valence-electron chi connectivity index (χ4n) is 4.69. The Morgan fingerprint density at radius 3 is 2.37 bits per heavy atom. The molecule has 0 spiro atoms. The fraction of sp³-hybridized carbons (Fsp3) is 0.640. The molecule has 230 valence electrons. The number of nitrogens with one attached hydrogen (secondary N) is 2. The molecule has 2 heterocycles. The Bertz CT molecular complexity index is 1240. The first-order chi connectivity index (χ1) is 19.0. The molecule has 1 aliphatic rings. The van der Waals surface area contributed by atoms with Crippen molar-refractivity contribution in [1.29, 1.82) is 0 Å². The number of amides is 1. The van der Waals surface area contributed by atoms with Gasteiger partial charge in [0.25, 0.3) is 12.3 Å². The van der Waals surface area contributed by atoms with Crippen molar-refractivity contribution in [2.24, 2.45) is 5.92 Å². The Labute approximate surface area is 242 Å². The summed E-state index contributed by atoms with van der Waals surface area (Å²) in [7, 11) is 0. The van der Waals surface area contributed by atoms with Crippen LogP contribution in [0.4, 0.5) is 27.8 Å². The van der Waals surface area contributed by atoms with Gasteiger partial charge in [-0.05, 0) is 58.4 Å². The highest BCUT2D eigenvalue weighted by Gasteiger charge is 2.37. The maximum absolute atomic E-state index is 14.1. The number of hydrogen-bond donors (Lipinski definition) is 3. The van der Waals surface area contributed by atoms with Crippen LogP contribution in [-0.4, -0.2) is 58.1 Å². The van der Waals surface area contributed by atoms with Crippen LogP contribution >= 0.6 is 11.6 Å². The highest BCUT2D eigenvalue weighted by molar-refractivity contribution is 7.51. The second kappa shape index (κ2) is 14.0. The lowest BCUT2D eigenvalue weighted by Crippen LogP contribution is -2.45. The summed E-state index contributed by atoms with van der Waals surface area (Å²) in [5.41, 5.74) is -3.32. The molecule has 2 aromatic heterocycles. The predicted octanol–water partition coefficient (Wildman–Crippen LogP) is 5.70. The molecule has 1 fully saturated rings. The van der Waals surface area contributed by atoms with Crippen LogP contribution in [0.2, 0.25) is 5.02 Å². The second-order valence-electron chi connectivity index (χ2n) is 10.7. The van der Waals surface area contributed by atoms with Crippen molar-refractivity contribution in [2.45, 2.75) is 90.1 Å². The molecule has 1 amide bonds. The zero-order valence-corrected chi connectivity index (χ0v) is 24.5. The average molecular weight is 630 g/mol. The van der Waals surface area contributed by atoms with Crippen molar-refractivity contribution < 1.29 is 40.3 Å². The summed E-state index contributed by atoms with van der Waals surface area (Å²) < 4.78 is 84.8. The van der Waals surface area contributed by atoms with E-state index in [0.29, 0.717) is 18.8 Å². The van der Waals surface area contributed by atoms with Gasteiger partial charge in [0.1, 0.15) is 5.82 Å². The first-order valence-corrected chi connectivity index (χ1v) is 13.8. The maximum Gasteiger partial charge on any atom is 0.391 e. The van der Waals surface area contributed by atoms with Crippen molar-refractivity contribution in [2.75, 3.05) is 11.9 Å². The Morgan fingerprint density at radius 2 is 1.85 bits per heavy atom. The summed E-state index contributed by atoms with van der Waals surface area (Å²) in [6.07, 6.45) is -4.85. The van der Waals surface area contributed by atoms with E-state index < -0.39 is 53.2 Å². The Balaban J connectivity index is 0.00000187. The molecule has 41 heavy (non-hydrogen) atoms. The van der Waals surface area contributed by atoms with E-state index in [4.69, 9.17) is 20.0 Å². The van der Waals surface area contributed by atoms with Gasteiger partial charge in [0.05, 0.1) is 22.7 Å². The molecule has 0 aromatic carbocycles. The van der Waals surface area contributed by atoms with Crippen molar-refractivity contribution >= 4 is 34.9 Å². The average Bonchev–Trinajstić information content (AvgIpc) is 3.19. The number of nitrogens with zero attached hydrogens (tertiary/aromatic N) is 3. The second-order valence-corrected chi connectivity index (χ2v) is 11.3. The van der Waals surface area contributed by atoms with Crippen molar-refractivity contribution in [3.8, 4) is 11.3 Å². The molecule has 0 atom stereocenters. The summed E-state index contributed by atoms with van der Waals surface area (Å²) in [5.74, 6) is -0.322. The number of rotatable bonds is 9. The standard InChI is InChI=1S/C25H33ClF5N5O2.O2S/c1-5-36-20(18(26)19(35-36)22(37)33-13-24(38)8-6-14(2)7-9-24)16-11-32-17(10-15(16)21(27)28)34-23(3,4)12-25(29,30)31;1-3-2/h10-11,14,21,38H,5-9,12-13H2,1-4H3,(H,32,34)(H,33,37);. The number of aliphatic hydroxyl groups is 1. The van der Waals surface area contributed by atoms with Gasteiger partial charge in [0.2, 0.25) is 0 Å². The minimum absolute atomic E-state index is 0.00111. The predicted molar refractivity (Wildman–Crippen MR) is 143 cm³/mol. The molecule has 0 bridgehead atoms. The fourth-order valence-corrected chi connectivity index (χ4v) is 5.01. The van der Waals surface area contributed by atoms with Gasteiger partial charge in [-0.15, -0.1) is 0 Å². The number of alkyl halides is 5. The molecule has 9 nitrogen and oxygen atoms in total. The van der Waals surface area contributed by atoms with E-state index in [1.165, 1.54) is 18.5 Å². The van der Waals surface area contributed by atoms with Gasteiger partial charge in [-0.3, -0.25) is 9.48 Å². The Morgan fingerprint density at radius 1 is 1.27 bits per heavy atom. The van der Waals surface area contributed by atoms with E-state index in [-0.39, 0.29) is 40.9 Å². The van der Waals surface area contributed by atoms with Crippen molar-refractivity contribution in [3.05, 3.63) is 28.5 Å². The smallest absolute Gasteiger partial charge is 0.388 e. The van der Waals surface area contributed by atoms with E-state index in [9.17, 15) is 31.9 Å². The number of anilines is 1. The van der Waals surface area contributed by atoms with Gasteiger partial charge in [0.15, 0.2) is 5.69 Å². The highest BCUT2D eigenvalue weighted by atomic mass is 35.5. The quantitative estimate of drug-likeness (QED) is 0.304. The molecular formula is C25H33ClF5N5O4S. The zero-order chi connectivity index (χ0) is 31.2. The lowest BCUT2D eigenvalue weighted by Gasteiger charge is -2.34. The number of pyridine rings is 1. The van der Waals surface area contributed by atoms with Crippen LogP contribution in [0.5, 0.6) is 0 Å². The van der Waals surface area contributed by atoms with Crippen LogP contribution in [0.15, 0.2) is 12.3 Å². The third-order valence-corrected chi connectivity index (χ3v) is 7.09.